The summed E-state index contributed by atoms with van der Waals surface area (Å²) in [4.78, 5) is 14.5. The minimum atomic E-state index is -0.237. The molecule has 0 aliphatic carbocycles. The predicted molar refractivity (Wildman–Crippen MR) is 115 cm³/mol. The first-order valence-electron chi connectivity index (χ1n) is 10.7. The normalized spacial score (nSPS) is 20.5. The van der Waals surface area contributed by atoms with Crippen molar-refractivity contribution >= 4 is 5.91 Å². The molecule has 30 heavy (non-hydrogen) atoms. The molecular formula is C24H30N2O4. The van der Waals surface area contributed by atoms with Crippen molar-refractivity contribution in [2.75, 3.05) is 26.7 Å². The quantitative estimate of drug-likeness (QED) is 0.759. The topological polar surface area (TPSA) is 74.0 Å². The standard InChI is InChI=1S/C24H30N2O4/c1-26-11-9-18(10-12-26)21(24(25)27)13-20-16-29-22-8-7-19(14-23(22)30-20)28-15-17-5-3-2-4-6-17/h2-8,14,18,20-21H,9-13,15-16H2,1H3,(H2,25,27)/t20-,21?/m1/s1. The molecule has 2 aliphatic heterocycles. The first kappa shape index (κ1) is 20.5. The van der Waals surface area contributed by atoms with E-state index in [4.69, 9.17) is 19.9 Å². The molecule has 4 rings (SSSR count). The number of primary amides is 1. The van der Waals surface area contributed by atoms with Crippen LogP contribution in [0.1, 0.15) is 24.8 Å². The van der Waals surface area contributed by atoms with Gasteiger partial charge in [0.1, 0.15) is 25.1 Å². The summed E-state index contributed by atoms with van der Waals surface area (Å²) >= 11 is 0. The predicted octanol–water partition coefficient (Wildman–Crippen LogP) is 3.24. The van der Waals surface area contributed by atoms with Crippen LogP contribution in [0.2, 0.25) is 0 Å². The van der Waals surface area contributed by atoms with Crippen molar-refractivity contribution in [2.24, 2.45) is 17.6 Å². The lowest BCUT2D eigenvalue weighted by Crippen LogP contribution is -2.42. The van der Waals surface area contributed by atoms with Gasteiger partial charge >= 0.3 is 0 Å². The Morgan fingerprint density at radius 1 is 1.17 bits per heavy atom. The Morgan fingerprint density at radius 3 is 2.67 bits per heavy atom. The number of likely N-dealkylation sites (tertiary alicyclic amines) is 1. The lowest BCUT2D eigenvalue weighted by atomic mass is 9.80. The van der Waals surface area contributed by atoms with Gasteiger partial charge in [-0.1, -0.05) is 30.3 Å². The third kappa shape index (κ3) is 5.05. The number of ether oxygens (including phenoxy) is 3. The summed E-state index contributed by atoms with van der Waals surface area (Å²) in [7, 11) is 2.11. The van der Waals surface area contributed by atoms with E-state index in [0.717, 1.165) is 37.2 Å². The van der Waals surface area contributed by atoms with E-state index in [1.165, 1.54) is 0 Å². The van der Waals surface area contributed by atoms with Crippen LogP contribution < -0.4 is 19.9 Å². The Morgan fingerprint density at radius 2 is 1.93 bits per heavy atom. The van der Waals surface area contributed by atoms with Gasteiger partial charge in [-0.05, 0) is 63.0 Å². The zero-order chi connectivity index (χ0) is 20.9. The number of benzene rings is 2. The van der Waals surface area contributed by atoms with Crippen LogP contribution in [0.15, 0.2) is 48.5 Å². The number of nitrogens with zero attached hydrogens (tertiary/aromatic N) is 1. The Bertz CT molecular complexity index is 850. The highest BCUT2D eigenvalue weighted by Gasteiger charge is 2.34. The van der Waals surface area contributed by atoms with E-state index in [0.29, 0.717) is 37.1 Å². The molecule has 2 N–H and O–H groups in total. The number of fused-ring (bicyclic) bond motifs is 1. The largest absolute Gasteiger partial charge is 0.489 e. The molecule has 0 saturated carbocycles. The zero-order valence-corrected chi connectivity index (χ0v) is 17.5. The van der Waals surface area contributed by atoms with Crippen LogP contribution in [0, 0.1) is 11.8 Å². The minimum Gasteiger partial charge on any atom is -0.489 e. The summed E-state index contributed by atoms with van der Waals surface area (Å²) in [6.45, 7) is 2.92. The van der Waals surface area contributed by atoms with E-state index in [1.54, 1.807) is 0 Å². The highest BCUT2D eigenvalue weighted by molar-refractivity contribution is 5.77. The van der Waals surface area contributed by atoms with E-state index in [2.05, 4.69) is 11.9 Å². The average Bonchev–Trinajstić information content (AvgIpc) is 2.77. The molecule has 1 unspecified atom stereocenters. The van der Waals surface area contributed by atoms with Gasteiger partial charge in [-0.3, -0.25) is 4.79 Å². The van der Waals surface area contributed by atoms with Crippen LogP contribution in [0.25, 0.3) is 0 Å². The highest BCUT2D eigenvalue weighted by Crippen LogP contribution is 2.37. The van der Waals surface area contributed by atoms with Crippen molar-refractivity contribution in [3.05, 3.63) is 54.1 Å². The molecule has 2 atom stereocenters. The number of rotatable bonds is 7. The molecule has 0 bridgehead atoms. The van der Waals surface area contributed by atoms with Crippen molar-refractivity contribution in [3.8, 4) is 17.2 Å². The third-order valence-electron chi connectivity index (χ3n) is 6.10. The Balaban J connectivity index is 1.38. The van der Waals surface area contributed by atoms with Gasteiger partial charge < -0.3 is 24.8 Å². The van der Waals surface area contributed by atoms with Crippen molar-refractivity contribution in [3.63, 3.8) is 0 Å². The lowest BCUT2D eigenvalue weighted by Gasteiger charge is -2.35. The molecule has 6 nitrogen and oxygen atoms in total. The monoisotopic (exact) mass is 410 g/mol. The summed E-state index contributed by atoms with van der Waals surface area (Å²) in [6, 6.07) is 15.6. The van der Waals surface area contributed by atoms with E-state index in [9.17, 15) is 4.79 Å². The van der Waals surface area contributed by atoms with Crippen LogP contribution in [-0.4, -0.2) is 43.7 Å². The molecule has 0 spiro atoms. The molecule has 2 aromatic carbocycles. The van der Waals surface area contributed by atoms with Gasteiger partial charge in [0.25, 0.3) is 0 Å². The first-order chi connectivity index (χ1) is 14.6. The van der Waals surface area contributed by atoms with E-state index in [-0.39, 0.29) is 17.9 Å². The number of hydrogen-bond acceptors (Lipinski definition) is 5. The maximum Gasteiger partial charge on any atom is 0.220 e. The zero-order valence-electron chi connectivity index (χ0n) is 17.5. The molecular weight excluding hydrogens is 380 g/mol. The Labute approximate surface area is 177 Å². The molecule has 1 fully saturated rings. The number of piperidine rings is 1. The second kappa shape index (κ2) is 9.39. The first-order valence-corrected chi connectivity index (χ1v) is 10.7. The molecule has 2 heterocycles. The van der Waals surface area contributed by atoms with Gasteiger partial charge in [0.15, 0.2) is 11.5 Å². The summed E-state index contributed by atoms with van der Waals surface area (Å²) in [5, 5.41) is 0. The number of carbonyl (C=O) groups excluding carboxylic acids is 1. The van der Waals surface area contributed by atoms with Gasteiger partial charge in [-0.2, -0.15) is 0 Å². The molecule has 1 amide bonds. The number of amides is 1. The molecule has 0 aromatic heterocycles. The van der Waals surface area contributed by atoms with E-state index < -0.39 is 0 Å². The maximum atomic E-state index is 12.2. The van der Waals surface area contributed by atoms with Crippen LogP contribution in [-0.2, 0) is 11.4 Å². The van der Waals surface area contributed by atoms with Crippen LogP contribution in [0.3, 0.4) is 0 Å². The highest BCUT2D eigenvalue weighted by atomic mass is 16.6. The Kier molecular flexibility index (Phi) is 6.43. The summed E-state index contributed by atoms with van der Waals surface area (Å²) in [6.07, 6.45) is 2.37. The van der Waals surface area contributed by atoms with Crippen LogP contribution in [0.5, 0.6) is 17.2 Å². The minimum absolute atomic E-state index is 0.189. The summed E-state index contributed by atoms with van der Waals surface area (Å²) in [5.74, 6) is 1.97. The second-order valence-corrected chi connectivity index (χ2v) is 8.32. The van der Waals surface area contributed by atoms with Crippen molar-refractivity contribution < 1.29 is 19.0 Å². The molecule has 0 radical (unpaired) electrons. The average molecular weight is 411 g/mol. The smallest absolute Gasteiger partial charge is 0.220 e. The van der Waals surface area contributed by atoms with Crippen LogP contribution >= 0.6 is 0 Å². The van der Waals surface area contributed by atoms with Gasteiger partial charge in [0, 0.05) is 12.0 Å². The molecule has 2 aliphatic rings. The fourth-order valence-electron chi connectivity index (χ4n) is 4.30. The summed E-state index contributed by atoms with van der Waals surface area (Å²) in [5.41, 5.74) is 6.87. The summed E-state index contributed by atoms with van der Waals surface area (Å²) < 4.78 is 18.0. The maximum absolute atomic E-state index is 12.2. The number of carbonyl (C=O) groups is 1. The third-order valence-corrected chi connectivity index (χ3v) is 6.10. The molecule has 6 heteroatoms. The molecule has 2 aromatic rings. The fourth-order valence-corrected chi connectivity index (χ4v) is 4.30. The van der Waals surface area contributed by atoms with Crippen molar-refractivity contribution in [1.29, 1.82) is 0 Å². The molecule has 160 valence electrons. The van der Waals surface area contributed by atoms with Gasteiger partial charge in [0.05, 0.1) is 0 Å². The van der Waals surface area contributed by atoms with Gasteiger partial charge in [0.2, 0.25) is 5.91 Å². The van der Waals surface area contributed by atoms with Gasteiger partial charge in [-0.15, -0.1) is 0 Å². The lowest BCUT2D eigenvalue weighted by molar-refractivity contribution is -0.125. The second-order valence-electron chi connectivity index (χ2n) is 8.32. The van der Waals surface area contributed by atoms with Gasteiger partial charge in [-0.25, -0.2) is 0 Å². The van der Waals surface area contributed by atoms with E-state index >= 15 is 0 Å². The van der Waals surface area contributed by atoms with E-state index in [1.807, 2.05) is 48.5 Å². The van der Waals surface area contributed by atoms with Crippen LogP contribution in [0.4, 0.5) is 0 Å². The number of hydrogen-bond donors (Lipinski definition) is 1. The van der Waals surface area contributed by atoms with Crippen molar-refractivity contribution in [2.45, 2.75) is 32.0 Å². The SMILES string of the molecule is CN1CCC(C(C[C@@H]2COc3ccc(OCc4ccccc4)cc3O2)C(N)=O)CC1. The number of nitrogens with two attached hydrogens (primary N) is 1. The molecule has 1 saturated heterocycles. The van der Waals surface area contributed by atoms with Crippen molar-refractivity contribution in [1.82, 2.24) is 4.90 Å². The fraction of sp³-hybridized carbons (Fsp3) is 0.458. The Hall–Kier alpha value is -2.73.